The fourth-order valence-corrected chi connectivity index (χ4v) is 1.91. The lowest BCUT2D eigenvalue weighted by molar-refractivity contribution is 0.749. The van der Waals surface area contributed by atoms with Gasteiger partial charge in [-0.15, -0.1) is 0 Å². The van der Waals surface area contributed by atoms with Crippen molar-refractivity contribution in [1.29, 1.82) is 0 Å². The highest BCUT2D eigenvalue weighted by atomic mass is 15.2. The van der Waals surface area contributed by atoms with E-state index in [9.17, 15) is 0 Å². The van der Waals surface area contributed by atoms with Crippen LogP contribution in [0.1, 0.15) is 50.3 Å². The van der Waals surface area contributed by atoms with E-state index in [-0.39, 0.29) is 0 Å². The average Bonchev–Trinajstić information content (AvgIpc) is 2.77. The van der Waals surface area contributed by atoms with Crippen LogP contribution in [0, 0.1) is 6.92 Å². The van der Waals surface area contributed by atoms with E-state index >= 15 is 0 Å². The molecule has 0 aliphatic carbocycles. The zero-order valence-corrected chi connectivity index (χ0v) is 11.5. The molecule has 0 aliphatic heterocycles. The molecule has 2 heterocycles. The molecule has 0 spiro atoms. The molecule has 4 heteroatoms. The number of imidazole rings is 1. The first-order valence-electron chi connectivity index (χ1n) is 6.50. The molecule has 18 heavy (non-hydrogen) atoms. The second-order valence-electron chi connectivity index (χ2n) is 4.85. The molecule has 2 rings (SSSR count). The van der Waals surface area contributed by atoms with Gasteiger partial charge in [0.05, 0.1) is 0 Å². The summed E-state index contributed by atoms with van der Waals surface area (Å²) in [7, 11) is 0. The molecule has 0 fully saturated rings. The van der Waals surface area contributed by atoms with Crippen LogP contribution in [0.4, 0.5) is 0 Å². The first kappa shape index (κ1) is 12.7. The van der Waals surface area contributed by atoms with E-state index in [0.29, 0.717) is 5.92 Å². The normalized spacial score (nSPS) is 11.2. The van der Waals surface area contributed by atoms with Gasteiger partial charge in [0, 0.05) is 30.2 Å². The van der Waals surface area contributed by atoms with Crippen molar-refractivity contribution >= 4 is 0 Å². The molecular formula is C14H20N4. The lowest BCUT2D eigenvalue weighted by atomic mass is 10.1. The van der Waals surface area contributed by atoms with Gasteiger partial charge in [-0.2, -0.15) is 0 Å². The van der Waals surface area contributed by atoms with Gasteiger partial charge in [-0.25, -0.2) is 15.0 Å². The average molecular weight is 244 g/mol. The van der Waals surface area contributed by atoms with Gasteiger partial charge in [0.25, 0.3) is 0 Å². The van der Waals surface area contributed by atoms with Crippen LogP contribution < -0.4 is 0 Å². The summed E-state index contributed by atoms with van der Waals surface area (Å²) in [5.41, 5.74) is 2.08. The molecular weight excluding hydrogens is 224 g/mol. The standard InChI is InChI=1S/C14H20N4/c1-5-6-13-15-7-8-18(13)14-16-11(4)9-12(17-14)10(2)3/h7-10H,5-6H2,1-4H3. The molecule has 0 saturated carbocycles. The van der Waals surface area contributed by atoms with Gasteiger partial charge in [0.15, 0.2) is 0 Å². The molecule has 0 aromatic carbocycles. The number of hydrogen-bond donors (Lipinski definition) is 0. The highest BCUT2D eigenvalue weighted by Gasteiger charge is 2.10. The zero-order valence-electron chi connectivity index (χ0n) is 11.5. The second kappa shape index (κ2) is 5.29. The molecule has 96 valence electrons. The van der Waals surface area contributed by atoms with Crippen molar-refractivity contribution in [3.8, 4) is 5.95 Å². The molecule has 0 amide bonds. The van der Waals surface area contributed by atoms with Gasteiger partial charge in [-0.3, -0.25) is 4.57 Å². The van der Waals surface area contributed by atoms with Crippen LogP contribution >= 0.6 is 0 Å². The van der Waals surface area contributed by atoms with Crippen molar-refractivity contribution in [3.63, 3.8) is 0 Å². The smallest absolute Gasteiger partial charge is 0.235 e. The Morgan fingerprint density at radius 2 is 2.06 bits per heavy atom. The SMILES string of the molecule is CCCc1nccn1-c1nc(C)cc(C(C)C)n1. The second-order valence-corrected chi connectivity index (χ2v) is 4.85. The number of aryl methyl sites for hydroxylation is 2. The van der Waals surface area contributed by atoms with E-state index in [2.05, 4.69) is 35.7 Å². The maximum Gasteiger partial charge on any atom is 0.235 e. The van der Waals surface area contributed by atoms with E-state index in [0.717, 1.165) is 36.0 Å². The van der Waals surface area contributed by atoms with Crippen LogP contribution in [0.5, 0.6) is 0 Å². The van der Waals surface area contributed by atoms with E-state index in [1.54, 1.807) is 0 Å². The Bertz CT molecular complexity index is 528. The molecule has 0 bridgehead atoms. The van der Waals surface area contributed by atoms with Crippen molar-refractivity contribution in [2.75, 3.05) is 0 Å². The Balaban J connectivity index is 2.46. The molecule has 0 N–H and O–H groups in total. The lowest BCUT2D eigenvalue weighted by Gasteiger charge is -2.10. The Labute approximate surface area is 108 Å². The Hall–Kier alpha value is -1.71. The summed E-state index contributed by atoms with van der Waals surface area (Å²) in [6.45, 7) is 8.45. The van der Waals surface area contributed by atoms with Crippen LogP contribution in [0.25, 0.3) is 5.95 Å². The van der Waals surface area contributed by atoms with Gasteiger partial charge < -0.3 is 0 Å². The largest absolute Gasteiger partial charge is 0.272 e. The molecule has 0 saturated heterocycles. The first-order chi connectivity index (χ1) is 8.61. The van der Waals surface area contributed by atoms with E-state index in [1.165, 1.54) is 0 Å². The quantitative estimate of drug-likeness (QED) is 0.830. The highest BCUT2D eigenvalue weighted by Crippen LogP contribution is 2.15. The zero-order chi connectivity index (χ0) is 13.1. The summed E-state index contributed by atoms with van der Waals surface area (Å²) in [5, 5.41) is 0. The first-order valence-corrected chi connectivity index (χ1v) is 6.50. The van der Waals surface area contributed by atoms with Crippen LogP contribution in [-0.4, -0.2) is 19.5 Å². The summed E-state index contributed by atoms with van der Waals surface area (Å²) < 4.78 is 1.99. The van der Waals surface area contributed by atoms with E-state index < -0.39 is 0 Å². The van der Waals surface area contributed by atoms with Gasteiger partial charge in [-0.05, 0) is 25.3 Å². The number of rotatable bonds is 4. The summed E-state index contributed by atoms with van der Waals surface area (Å²) in [4.78, 5) is 13.5. The number of aromatic nitrogens is 4. The minimum Gasteiger partial charge on any atom is -0.272 e. The molecule has 0 aliphatic rings. The summed E-state index contributed by atoms with van der Waals surface area (Å²) >= 11 is 0. The van der Waals surface area contributed by atoms with Crippen molar-refractivity contribution in [2.24, 2.45) is 0 Å². The van der Waals surface area contributed by atoms with Crippen LogP contribution in [0.3, 0.4) is 0 Å². The molecule has 0 unspecified atom stereocenters. The summed E-state index contributed by atoms with van der Waals surface area (Å²) in [6, 6.07) is 2.05. The van der Waals surface area contributed by atoms with E-state index in [4.69, 9.17) is 0 Å². The third kappa shape index (κ3) is 2.58. The predicted molar refractivity (Wildman–Crippen MR) is 72.0 cm³/mol. The van der Waals surface area contributed by atoms with Gasteiger partial charge >= 0.3 is 0 Å². The highest BCUT2D eigenvalue weighted by molar-refractivity contribution is 5.22. The molecule has 2 aromatic rings. The third-order valence-electron chi connectivity index (χ3n) is 2.86. The van der Waals surface area contributed by atoms with Gasteiger partial charge in [0.2, 0.25) is 5.95 Å². The van der Waals surface area contributed by atoms with Gasteiger partial charge in [0.1, 0.15) is 5.82 Å². The predicted octanol–water partition coefficient (Wildman–Crippen LogP) is 3.05. The molecule has 2 aromatic heterocycles. The fourth-order valence-electron chi connectivity index (χ4n) is 1.91. The lowest BCUT2D eigenvalue weighted by Crippen LogP contribution is -2.08. The van der Waals surface area contributed by atoms with E-state index in [1.807, 2.05) is 30.0 Å². The third-order valence-corrected chi connectivity index (χ3v) is 2.86. The van der Waals surface area contributed by atoms with Crippen LogP contribution in [-0.2, 0) is 6.42 Å². The molecule has 0 radical (unpaired) electrons. The fraction of sp³-hybridized carbons (Fsp3) is 0.500. The topological polar surface area (TPSA) is 43.6 Å². The monoisotopic (exact) mass is 244 g/mol. The van der Waals surface area contributed by atoms with Crippen molar-refractivity contribution in [1.82, 2.24) is 19.5 Å². The Kier molecular flexibility index (Phi) is 3.75. The summed E-state index contributed by atoms with van der Waals surface area (Å²) in [6.07, 6.45) is 5.76. The van der Waals surface area contributed by atoms with Crippen molar-refractivity contribution in [2.45, 2.75) is 46.5 Å². The minimum atomic E-state index is 0.406. The van der Waals surface area contributed by atoms with Crippen molar-refractivity contribution in [3.05, 3.63) is 35.7 Å². The number of hydrogen-bond acceptors (Lipinski definition) is 3. The molecule has 0 atom stereocenters. The summed E-state index contributed by atoms with van der Waals surface area (Å²) in [5.74, 6) is 2.17. The Morgan fingerprint density at radius 3 is 2.72 bits per heavy atom. The van der Waals surface area contributed by atoms with Crippen LogP contribution in [0.2, 0.25) is 0 Å². The minimum absolute atomic E-state index is 0.406. The Morgan fingerprint density at radius 1 is 1.28 bits per heavy atom. The number of nitrogens with zero attached hydrogens (tertiary/aromatic N) is 4. The van der Waals surface area contributed by atoms with Crippen LogP contribution in [0.15, 0.2) is 18.5 Å². The maximum atomic E-state index is 4.63. The van der Waals surface area contributed by atoms with Gasteiger partial charge in [-0.1, -0.05) is 20.8 Å². The maximum absolute atomic E-state index is 4.63. The van der Waals surface area contributed by atoms with Crippen molar-refractivity contribution < 1.29 is 0 Å². The molecule has 4 nitrogen and oxygen atoms in total.